The van der Waals surface area contributed by atoms with Gasteiger partial charge in [-0.05, 0) is 12.5 Å². The number of amides is 3. The Morgan fingerprint density at radius 2 is 1.92 bits per heavy atom. The van der Waals surface area contributed by atoms with Crippen molar-refractivity contribution in [3.63, 3.8) is 0 Å². The van der Waals surface area contributed by atoms with Crippen molar-refractivity contribution in [2.75, 3.05) is 13.6 Å². The number of benzene rings is 1. The Bertz CT molecular complexity index is 958. The Morgan fingerprint density at radius 3 is 2.65 bits per heavy atom. The van der Waals surface area contributed by atoms with Gasteiger partial charge in [0.15, 0.2) is 0 Å². The van der Waals surface area contributed by atoms with Crippen LogP contribution >= 0.6 is 0 Å². The van der Waals surface area contributed by atoms with Gasteiger partial charge >= 0.3 is 12.0 Å². The number of aliphatic imine (C=N–C) groups is 1. The molecule has 4 rings (SSSR count). The molecule has 3 amide bonds. The minimum absolute atomic E-state index is 0.225. The number of aromatic nitrogens is 2. The lowest BCUT2D eigenvalue weighted by molar-refractivity contribution is -0.677. The fourth-order valence-electron chi connectivity index (χ4n) is 3.32. The molecule has 1 aromatic heterocycles. The number of urea groups is 1. The third-order valence-electron chi connectivity index (χ3n) is 4.88. The molecule has 132 valence electrons. The standard InChI is InChI=1S/C19H20N5O2/c1-13-12-24-15-16(20-18(24)21(13)2)22(3)19(26)23(17(15)25)11-7-10-14-8-5-4-6-9-14/h4-10,12,15H,11H2,1-3H3/q+1/b10-7+. The van der Waals surface area contributed by atoms with Crippen molar-refractivity contribution >= 4 is 29.8 Å². The first-order valence-corrected chi connectivity index (χ1v) is 8.45. The van der Waals surface area contributed by atoms with Crippen LogP contribution in [0.25, 0.3) is 6.08 Å². The topological polar surface area (TPSA) is 61.8 Å². The number of hydrogen-bond acceptors (Lipinski definition) is 3. The molecule has 1 fully saturated rings. The maximum Gasteiger partial charge on any atom is 0.401 e. The highest BCUT2D eigenvalue weighted by Gasteiger charge is 2.52. The summed E-state index contributed by atoms with van der Waals surface area (Å²) in [5, 5.41) is 0. The van der Waals surface area contributed by atoms with E-state index in [1.54, 1.807) is 7.05 Å². The van der Waals surface area contributed by atoms with Crippen LogP contribution < -0.4 is 4.57 Å². The third-order valence-corrected chi connectivity index (χ3v) is 4.88. The zero-order chi connectivity index (χ0) is 18.4. The average molecular weight is 350 g/mol. The first-order valence-electron chi connectivity index (χ1n) is 8.45. The van der Waals surface area contributed by atoms with Crippen LogP contribution in [0.3, 0.4) is 0 Å². The molecule has 1 saturated heterocycles. The summed E-state index contributed by atoms with van der Waals surface area (Å²) in [4.78, 5) is 32.9. The second kappa shape index (κ2) is 5.94. The summed E-state index contributed by atoms with van der Waals surface area (Å²) in [6, 6.07) is 8.84. The highest BCUT2D eigenvalue weighted by molar-refractivity contribution is 6.19. The highest BCUT2D eigenvalue weighted by atomic mass is 16.2. The van der Waals surface area contributed by atoms with E-state index >= 15 is 0 Å². The number of imide groups is 1. The lowest BCUT2D eigenvalue weighted by Gasteiger charge is -2.32. The first-order chi connectivity index (χ1) is 12.5. The Balaban J connectivity index is 1.62. The van der Waals surface area contributed by atoms with E-state index in [0.717, 1.165) is 11.3 Å². The summed E-state index contributed by atoms with van der Waals surface area (Å²) in [6.07, 6.45) is 5.64. The first kappa shape index (κ1) is 16.3. The fourth-order valence-corrected chi connectivity index (χ4v) is 3.32. The van der Waals surface area contributed by atoms with Gasteiger partial charge in [0.2, 0.25) is 11.9 Å². The summed E-state index contributed by atoms with van der Waals surface area (Å²) in [6.45, 7) is 2.19. The van der Waals surface area contributed by atoms with Crippen LogP contribution in [0.4, 0.5) is 10.7 Å². The molecule has 0 aliphatic carbocycles. The molecule has 2 aliphatic rings. The van der Waals surface area contributed by atoms with E-state index in [1.807, 2.05) is 71.8 Å². The van der Waals surface area contributed by atoms with Crippen molar-refractivity contribution in [2.45, 2.75) is 13.0 Å². The molecule has 2 aliphatic heterocycles. The van der Waals surface area contributed by atoms with E-state index in [4.69, 9.17) is 0 Å². The minimum atomic E-state index is -0.585. The molecule has 7 nitrogen and oxygen atoms in total. The van der Waals surface area contributed by atoms with Gasteiger partial charge in [0, 0.05) is 13.6 Å². The number of rotatable bonds is 3. The molecule has 0 N–H and O–H groups in total. The number of carbonyl (C=O) groups excluding carboxylic acids is 2. The van der Waals surface area contributed by atoms with Crippen molar-refractivity contribution in [2.24, 2.45) is 12.0 Å². The molecule has 26 heavy (non-hydrogen) atoms. The van der Waals surface area contributed by atoms with Crippen LogP contribution in [0.15, 0.2) is 47.6 Å². The van der Waals surface area contributed by atoms with E-state index in [-0.39, 0.29) is 18.5 Å². The third kappa shape index (κ3) is 2.35. The van der Waals surface area contributed by atoms with Gasteiger partial charge in [-0.2, -0.15) is 0 Å². The smallest absolute Gasteiger partial charge is 0.270 e. The van der Waals surface area contributed by atoms with E-state index in [1.165, 1.54) is 9.80 Å². The highest BCUT2D eigenvalue weighted by Crippen LogP contribution is 2.28. The zero-order valence-corrected chi connectivity index (χ0v) is 15.0. The van der Waals surface area contributed by atoms with E-state index in [0.29, 0.717) is 11.8 Å². The maximum absolute atomic E-state index is 13.0. The Morgan fingerprint density at radius 1 is 1.19 bits per heavy atom. The van der Waals surface area contributed by atoms with Gasteiger partial charge in [0.25, 0.3) is 5.91 Å². The van der Waals surface area contributed by atoms with Gasteiger partial charge in [-0.3, -0.25) is 14.6 Å². The monoisotopic (exact) mass is 350 g/mol. The summed E-state index contributed by atoms with van der Waals surface area (Å²) >= 11 is 0. The molecule has 3 heterocycles. The summed E-state index contributed by atoms with van der Waals surface area (Å²) in [5.74, 6) is 0.907. The molecular weight excluding hydrogens is 330 g/mol. The van der Waals surface area contributed by atoms with E-state index < -0.39 is 6.04 Å². The van der Waals surface area contributed by atoms with Crippen molar-refractivity contribution in [1.29, 1.82) is 0 Å². The largest absolute Gasteiger partial charge is 0.401 e. The summed E-state index contributed by atoms with van der Waals surface area (Å²) < 4.78 is 3.75. The van der Waals surface area contributed by atoms with Gasteiger partial charge in [-0.25, -0.2) is 13.9 Å². The van der Waals surface area contributed by atoms with Crippen molar-refractivity contribution in [3.8, 4) is 0 Å². The predicted octanol–water partition coefficient (Wildman–Crippen LogP) is 1.81. The molecule has 1 atom stereocenters. The van der Waals surface area contributed by atoms with E-state index in [2.05, 4.69) is 4.99 Å². The molecule has 0 saturated carbocycles. The lowest BCUT2D eigenvalue weighted by Crippen LogP contribution is -2.62. The molecular formula is C19H20N5O2+. The van der Waals surface area contributed by atoms with Gasteiger partial charge in [-0.1, -0.05) is 47.5 Å². The number of nitrogens with zero attached hydrogens (tertiary/aromatic N) is 5. The number of imidazole rings is 1. The average Bonchev–Trinajstić information content (AvgIpc) is 3.14. The number of amidine groups is 1. The lowest BCUT2D eigenvalue weighted by atomic mass is 10.1. The summed E-state index contributed by atoms with van der Waals surface area (Å²) in [5.41, 5.74) is 2.03. The number of fused-ring (bicyclic) bond motifs is 3. The van der Waals surface area contributed by atoms with Gasteiger partial charge in [-0.15, -0.1) is 0 Å². The van der Waals surface area contributed by atoms with Crippen LogP contribution in [0.2, 0.25) is 0 Å². The summed E-state index contributed by atoms with van der Waals surface area (Å²) in [7, 11) is 3.56. The van der Waals surface area contributed by atoms with Crippen molar-refractivity contribution in [1.82, 2.24) is 14.4 Å². The van der Waals surface area contributed by atoms with Gasteiger partial charge in [0.1, 0.15) is 11.9 Å². The number of carbonyl (C=O) groups is 2. The minimum Gasteiger partial charge on any atom is -0.270 e. The Kier molecular flexibility index (Phi) is 3.72. The molecule has 1 unspecified atom stereocenters. The number of hydrogen-bond donors (Lipinski definition) is 0. The second-order valence-electron chi connectivity index (χ2n) is 6.51. The second-order valence-corrected chi connectivity index (χ2v) is 6.51. The van der Waals surface area contributed by atoms with Crippen LogP contribution in [-0.2, 0) is 11.8 Å². The zero-order valence-electron chi connectivity index (χ0n) is 15.0. The van der Waals surface area contributed by atoms with Crippen LogP contribution in [0.5, 0.6) is 0 Å². The van der Waals surface area contributed by atoms with Crippen LogP contribution in [-0.4, -0.2) is 45.7 Å². The normalized spacial score (nSPS) is 19.2. The molecule has 2 aromatic rings. The van der Waals surface area contributed by atoms with Crippen LogP contribution in [0.1, 0.15) is 17.3 Å². The number of aryl methyl sites for hydroxylation is 1. The molecule has 7 heteroatoms. The SMILES string of the molecule is Cc1c[n+]2c(n1C)N=C1C2C(=O)N(C/C=C/c2ccccc2)C(=O)N1C. The maximum atomic E-state index is 13.0. The van der Waals surface area contributed by atoms with Gasteiger partial charge in [0.05, 0.1) is 7.05 Å². The molecule has 1 aromatic carbocycles. The Hall–Kier alpha value is -3.22. The Labute approximate surface area is 151 Å². The van der Waals surface area contributed by atoms with Gasteiger partial charge < -0.3 is 0 Å². The van der Waals surface area contributed by atoms with Crippen LogP contribution in [0, 0.1) is 6.92 Å². The van der Waals surface area contributed by atoms with E-state index in [9.17, 15) is 9.59 Å². The fraction of sp³-hybridized carbons (Fsp3) is 0.263. The molecule has 0 radical (unpaired) electrons. The predicted molar refractivity (Wildman–Crippen MR) is 96.8 cm³/mol. The molecule has 0 bridgehead atoms. The number of likely N-dealkylation sites (N-methyl/N-ethyl adjacent to an activating group) is 1. The van der Waals surface area contributed by atoms with Crippen molar-refractivity contribution in [3.05, 3.63) is 53.9 Å². The molecule has 0 spiro atoms. The quantitative estimate of drug-likeness (QED) is 0.793. The van der Waals surface area contributed by atoms with Crippen molar-refractivity contribution < 1.29 is 14.2 Å².